The van der Waals surface area contributed by atoms with Crippen molar-refractivity contribution in [3.8, 4) is 0 Å². The lowest BCUT2D eigenvalue weighted by Gasteiger charge is -2.35. The highest BCUT2D eigenvalue weighted by atomic mass is 31.2. The molecule has 14 heteroatoms. The first-order chi connectivity index (χ1) is 17.0. The molecule has 0 radical (unpaired) electrons. The van der Waals surface area contributed by atoms with Crippen LogP contribution in [0.3, 0.4) is 0 Å². The molecule has 0 spiro atoms. The zero-order valence-electron chi connectivity index (χ0n) is 21.9. The van der Waals surface area contributed by atoms with Crippen LogP contribution in [0.1, 0.15) is 54.2 Å². The van der Waals surface area contributed by atoms with Gasteiger partial charge in [-0.2, -0.15) is 0 Å². The molecule has 1 saturated carbocycles. The number of H-pyrrole nitrogens is 1. The number of ether oxygens (including phenoxy) is 2. The molecule has 2 aliphatic rings. The van der Waals surface area contributed by atoms with Gasteiger partial charge in [0.25, 0.3) is 14.1 Å². The van der Waals surface area contributed by atoms with E-state index in [0.29, 0.717) is 6.42 Å². The van der Waals surface area contributed by atoms with Gasteiger partial charge < -0.3 is 27.9 Å². The molecular weight excluding hydrogens is 512 g/mol. The van der Waals surface area contributed by atoms with E-state index >= 15 is 0 Å². The largest absolute Gasteiger partial charge is 0.374 e. The van der Waals surface area contributed by atoms with Crippen LogP contribution in [-0.2, 0) is 27.6 Å². The molecule has 3 unspecified atom stereocenters. The number of nitrogens with one attached hydrogen (secondary N) is 1. The van der Waals surface area contributed by atoms with E-state index in [1.54, 1.807) is 13.8 Å². The summed E-state index contributed by atoms with van der Waals surface area (Å²) in [7, 11) is -3.98. The summed E-state index contributed by atoms with van der Waals surface area (Å²) in [4.78, 5) is 37.6. The van der Waals surface area contributed by atoms with E-state index in [2.05, 4.69) is 4.98 Å². The molecule has 0 aromatic carbocycles. The van der Waals surface area contributed by atoms with E-state index in [1.807, 2.05) is 32.4 Å². The number of aromatic nitrogens is 2. The minimum atomic E-state index is -3.40. The first-order valence-electron chi connectivity index (χ1n) is 12.3. The molecule has 0 bridgehead atoms. The van der Waals surface area contributed by atoms with Crippen LogP contribution in [0.2, 0.25) is 0 Å². The Hall–Kier alpha value is -0.940. The van der Waals surface area contributed by atoms with Crippen molar-refractivity contribution in [3.63, 3.8) is 0 Å². The van der Waals surface area contributed by atoms with Gasteiger partial charge in [-0.25, -0.2) is 9.46 Å². The summed E-state index contributed by atoms with van der Waals surface area (Å²) >= 11 is 0. The maximum atomic E-state index is 13.4. The second-order valence-electron chi connectivity index (χ2n) is 9.44. The van der Waals surface area contributed by atoms with Gasteiger partial charge in [0.15, 0.2) is 6.23 Å². The van der Waals surface area contributed by atoms with Gasteiger partial charge in [0.1, 0.15) is 12.2 Å². The Labute approximate surface area is 212 Å². The van der Waals surface area contributed by atoms with E-state index in [0.717, 1.165) is 0 Å². The third-order valence-corrected chi connectivity index (χ3v) is 10.7. The fourth-order valence-corrected chi connectivity index (χ4v) is 8.57. The van der Waals surface area contributed by atoms with Crippen molar-refractivity contribution in [1.29, 1.82) is 0 Å². The number of hydrogen-bond acceptors (Lipinski definition) is 10. The molecule has 2 heterocycles. The van der Waals surface area contributed by atoms with Crippen molar-refractivity contribution in [2.75, 3.05) is 20.3 Å². The van der Waals surface area contributed by atoms with E-state index < -0.39 is 57.6 Å². The highest BCUT2D eigenvalue weighted by molar-refractivity contribution is 7.55. The number of hydrogen-bond donors (Lipinski definition) is 2. The van der Waals surface area contributed by atoms with Crippen molar-refractivity contribution in [2.45, 2.75) is 90.2 Å². The topological polar surface area (TPSA) is 142 Å². The zero-order chi connectivity index (χ0) is 26.8. The molecule has 1 saturated heterocycles. The summed E-state index contributed by atoms with van der Waals surface area (Å²) in [5.41, 5.74) is -1.60. The number of nitrogens with zero attached hydrogens (tertiary/aromatic N) is 2. The number of rotatable bonds is 13. The average molecular weight is 552 g/mol. The molecular formula is C22H39N3O9P2. The van der Waals surface area contributed by atoms with Crippen molar-refractivity contribution in [3.05, 3.63) is 33.1 Å². The zero-order valence-corrected chi connectivity index (χ0v) is 23.7. The van der Waals surface area contributed by atoms with Crippen LogP contribution >= 0.6 is 16.1 Å². The Morgan fingerprint density at radius 1 is 1.19 bits per heavy atom. The molecule has 36 heavy (non-hydrogen) atoms. The minimum absolute atomic E-state index is 0.00490. The molecule has 1 aliphatic heterocycles. The van der Waals surface area contributed by atoms with Gasteiger partial charge in [-0.1, -0.05) is 0 Å². The standard InChI is InChI=1S/C22H39N3O9P2/c1-8-31-36(29,32-9-2)16-12-15(16)18-19(34-35(28)25(13(3)4)14(5)6)20(30-7)21(33-18)24-11-10-17(26)23-22(24)27/h10-11,13-16,18-21,28H,8-9,12H2,1-7H3,(H,23,26,27)/t15?,16?,18-,19-,20-,21-,35?/m1/s1. The smallest absolute Gasteiger partial charge is 0.334 e. The van der Waals surface area contributed by atoms with Gasteiger partial charge in [-0.3, -0.25) is 18.9 Å². The Morgan fingerprint density at radius 2 is 1.81 bits per heavy atom. The fraction of sp³-hybridized carbons (Fsp3) is 0.818. The van der Waals surface area contributed by atoms with Crippen LogP contribution in [-0.4, -0.2) is 75.5 Å². The summed E-state index contributed by atoms with van der Waals surface area (Å²) in [5, 5.41) is 0. The average Bonchev–Trinajstić information content (AvgIpc) is 3.51. The van der Waals surface area contributed by atoms with Gasteiger partial charge >= 0.3 is 13.3 Å². The molecule has 12 nitrogen and oxygen atoms in total. The first-order valence-corrected chi connectivity index (χ1v) is 15.1. The SMILES string of the molecule is CCOP(=O)(OCC)C1CC1[C@H]1O[C@@H](n2ccc(=O)[nH]c2=O)[C@H](OC)[C@@H]1OP(O)N(C(C)C)C(C)C. The van der Waals surface area contributed by atoms with E-state index in [1.165, 1.54) is 23.9 Å². The predicted molar refractivity (Wildman–Crippen MR) is 135 cm³/mol. The molecule has 206 valence electrons. The van der Waals surface area contributed by atoms with Crippen molar-refractivity contribution in [2.24, 2.45) is 5.92 Å². The molecule has 0 amide bonds. The summed E-state index contributed by atoms with van der Waals surface area (Å²) in [6.45, 7) is 11.8. The fourth-order valence-electron chi connectivity index (χ4n) is 4.89. The normalized spacial score (nSPS) is 29.4. The summed E-state index contributed by atoms with van der Waals surface area (Å²) < 4.78 is 46.0. The molecule has 2 fully saturated rings. The first kappa shape index (κ1) is 29.6. The Morgan fingerprint density at radius 3 is 2.31 bits per heavy atom. The Balaban J connectivity index is 1.96. The Kier molecular flexibility index (Phi) is 10.1. The van der Waals surface area contributed by atoms with Crippen LogP contribution in [0.4, 0.5) is 0 Å². The van der Waals surface area contributed by atoms with Crippen molar-refractivity contribution in [1.82, 2.24) is 14.2 Å². The quantitative estimate of drug-likeness (QED) is 0.352. The highest BCUT2D eigenvalue weighted by Gasteiger charge is 2.63. The van der Waals surface area contributed by atoms with Crippen LogP contribution < -0.4 is 11.2 Å². The molecule has 1 aromatic rings. The summed E-state index contributed by atoms with van der Waals surface area (Å²) in [5.74, 6) is -0.269. The van der Waals surface area contributed by atoms with E-state index in [9.17, 15) is 19.0 Å². The van der Waals surface area contributed by atoms with Crippen LogP contribution in [0.15, 0.2) is 21.9 Å². The lowest BCUT2D eigenvalue weighted by atomic mass is 10.1. The third-order valence-electron chi connectivity index (χ3n) is 6.35. The molecule has 2 N–H and O–H groups in total. The van der Waals surface area contributed by atoms with Gasteiger partial charge in [0.05, 0.1) is 25.0 Å². The number of aromatic amines is 1. The molecule has 7 atom stereocenters. The van der Waals surface area contributed by atoms with Gasteiger partial charge in [0, 0.05) is 37.4 Å². The third kappa shape index (κ3) is 6.20. The number of methoxy groups -OCH3 is 1. The van der Waals surface area contributed by atoms with Crippen LogP contribution in [0, 0.1) is 5.92 Å². The lowest BCUT2D eigenvalue weighted by Crippen LogP contribution is -2.41. The second kappa shape index (κ2) is 12.3. The maximum absolute atomic E-state index is 13.4. The maximum Gasteiger partial charge on any atom is 0.334 e. The van der Waals surface area contributed by atoms with Crippen LogP contribution in [0.5, 0.6) is 0 Å². The van der Waals surface area contributed by atoms with Crippen molar-refractivity contribution < 1.29 is 32.5 Å². The lowest BCUT2D eigenvalue weighted by molar-refractivity contribution is -0.0571. The highest BCUT2D eigenvalue weighted by Crippen LogP contribution is 2.67. The van der Waals surface area contributed by atoms with Crippen molar-refractivity contribution >= 4 is 16.1 Å². The monoisotopic (exact) mass is 551 g/mol. The second-order valence-corrected chi connectivity index (χ2v) is 12.9. The van der Waals surface area contributed by atoms with Crippen LogP contribution in [0.25, 0.3) is 0 Å². The van der Waals surface area contributed by atoms with E-state index in [4.69, 9.17) is 23.0 Å². The molecule has 3 rings (SSSR count). The predicted octanol–water partition coefficient (Wildman–Crippen LogP) is 2.83. The van der Waals surface area contributed by atoms with Gasteiger partial charge in [-0.15, -0.1) is 0 Å². The molecule has 1 aromatic heterocycles. The summed E-state index contributed by atoms with van der Waals surface area (Å²) in [6, 6.07) is 1.23. The summed E-state index contributed by atoms with van der Waals surface area (Å²) in [6.07, 6.45) is -1.35. The Bertz CT molecular complexity index is 1010. The minimum Gasteiger partial charge on any atom is -0.374 e. The van der Waals surface area contributed by atoms with E-state index in [-0.39, 0.29) is 31.2 Å². The van der Waals surface area contributed by atoms with Gasteiger partial charge in [-0.05, 0) is 48.0 Å². The van der Waals surface area contributed by atoms with Gasteiger partial charge in [0.2, 0.25) is 0 Å². The molecule has 1 aliphatic carbocycles.